The predicted octanol–water partition coefficient (Wildman–Crippen LogP) is -0.692. The lowest BCUT2D eigenvalue weighted by Crippen LogP contribution is -2.33. The van der Waals surface area contributed by atoms with Gasteiger partial charge in [-0.15, -0.1) is 0 Å². The molecule has 14 nitrogen and oxygen atoms in total. The van der Waals surface area contributed by atoms with Crippen LogP contribution < -0.4 is 16.7 Å². The van der Waals surface area contributed by atoms with Crippen LogP contribution in [0, 0.1) is 0 Å². The highest BCUT2D eigenvalue weighted by atomic mass is 16.6. The van der Waals surface area contributed by atoms with Crippen molar-refractivity contribution in [1.82, 2.24) is 33.9 Å². The van der Waals surface area contributed by atoms with E-state index in [4.69, 9.17) is 4.74 Å². The van der Waals surface area contributed by atoms with Crippen LogP contribution in [0.5, 0.6) is 0 Å². The third-order valence-electron chi connectivity index (χ3n) is 6.32. The first-order valence-corrected chi connectivity index (χ1v) is 11.5. The van der Waals surface area contributed by atoms with Crippen LogP contribution >= 0.6 is 0 Å². The topological polar surface area (TPSA) is 185 Å². The molecule has 1 aliphatic heterocycles. The van der Waals surface area contributed by atoms with Crippen molar-refractivity contribution >= 4 is 17.0 Å². The Morgan fingerprint density at radius 2 is 1.95 bits per heavy atom. The molecule has 0 saturated carbocycles. The van der Waals surface area contributed by atoms with E-state index < -0.39 is 48.6 Å². The Morgan fingerprint density at radius 1 is 1.19 bits per heavy atom. The molecule has 0 amide bonds. The SMILES string of the molecule is C=C(C)C(CNc1ncnc2c1ncn2C1OC(CO)C(O)C1O)n1[nH]c(=O)n(-c2ccccc2)c1=O. The molecule has 5 N–H and O–H groups in total. The van der Waals surface area contributed by atoms with Crippen LogP contribution in [0.25, 0.3) is 16.9 Å². The van der Waals surface area contributed by atoms with Gasteiger partial charge in [0, 0.05) is 6.54 Å². The maximum Gasteiger partial charge on any atom is 0.352 e. The second kappa shape index (κ2) is 9.74. The number of hydrogen-bond acceptors (Lipinski definition) is 10. The zero-order valence-corrected chi connectivity index (χ0v) is 19.8. The van der Waals surface area contributed by atoms with Crippen LogP contribution in [0.4, 0.5) is 5.82 Å². The number of aromatic nitrogens is 7. The Bertz CT molecular complexity index is 1540. The summed E-state index contributed by atoms with van der Waals surface area (Å²) >= 11 is 0. The number of aromatic amines is 1. The van der Waals surface area contributed by atoms with Gasteiger partial charge in [-0.05, 0) is 19.1 Å². The van der Waals surface area contributed by atoms with Crippen molar-refractivity contribution in [2.75, 3.05) is 18.5 Å². The van der Waals surface area contributed by atoms with Gasteiger partial charge in [0.1, 0.15) is 24.6 Å². The van der Waals surface area contributed by atoms with E-state index in [1.54, 1.807) is 37.3 Å². The van der Waals surface area contributed by atoms with Gasteiger partial charge in [0.15, 0.2) is 23.2 Å². The number of imidazole rings is 1. The van der Waals surface area contributed by atoms with Gasteiger partial charge in [-0.3, -0.25) is 4.57 Å². The molecule has 0 bridgehead atoms. The second-order valence-electron chi connectivity index (χ2n) is 8.76. The smallest absolute Gasteiger partial charge is 0.352 e. The van der Waals surface area contributed by atoms with E-state index in [1.807, 2.05) is 0 Å². The number of benzene rings is 1. The molecule has 0 spiro atoms. The molecule has 1 fully saturated rings. The van der Waals surface area contributed by atoms with Crippen molar-refractivity contribution in [2.24, 2.45) is 0 Å². The Kier molecular flexibility index (Phi) is 6.47. The van der Waals surface area contributed by atoms with Crippen molar-refractivity contribution in [1.29, 1.82) is 0 Å². The van der Waals surface area contributed by atoms with Gasteiger partial charge in [-0.2, -0.15) is 0 Å². The monoisotopic (exact) mass is 510 g/mol. The highest BCUT2D eigenvalue weighted by molar-refractivity contribution is 5.82. The number of ether oxygens (including phenoxy) is 1. The molecule has 1 aromatic carbocycles. The lowest BCUT2D eigenvalue weighted by atomic mass is 10.1. The fourth-order valence-electron chi connectivity index (χ4n) is 4.37. The lowest BCUT2D eigenvalue weighted by molar-refractivity contribution is -0.0511. The Labute approximate surface area is 209 Å². The molecule has 4 heterocycles. The lowest BCUT2D eigenvalue weighted by Gasteiger charge is -2.19. The normalized spacial score (nSPS) is 22.4. The van der Waals surface area contributed by atoms with Crippen molar-refractivity contribution in [3.05, 3.63) is 76.1 Å². The average Bonchev–Trinajstić information content (AvgIpc) is 3.53. The summed E-state index contributed by atoms with van der Waals surface area (Å²) in [5, 5.41) is 35.6. The van der Waals surface area contributed by atoms with Crippen molar-refractivity contribution in [3.63, 3.8) is 0 Å². The molecule has 14 heteroatoms. The summed E-state index contributed by atoms with van der Waals surface area (Å²) in [6, 6.07) is 7.95. The fourth-order valence-corrected chi connectivity index (χ4v) is 4.37. The standard InChI is InChI=1S/C23H26N8O6/c1-12(2)14(31-23(36)30(22(35)28-31)13-6-4-3-5-7-13)8-24-19-16-20(26-10-25-19)29(11-27-16)21-18(34)17(33)15(9-32)37-21/h3-7,10-11,14-15,17-18,21,32-34H,1,8-9H2,2H3,(H,28,35)(H,24,25,26). The summed E-state index contributed by atoms with van der Waals surface area (Å²) in [6.07, 6.45) is -1.85. The molecule has 3 aromatic heterocycles. The second-order valence-corrected chi connectivity index (χ2v) is 8.76. The maximum atomic E-state index is 13.1. The molecule has 194 valence electrons. The summed E-state index contributed by atoms with van der Waals surface area (Å²) in [7, 11) is 0. The predicted molar refractivity (Wildman–Crippen MR) is 131 cm³/mol. The first kappa shape index (κ1) is 24.6. The Hall–Kier alpha value is -4.11. The van der Waals surface area contributed by atoms with E-state index in [1.165, 1.54) is 21.9 Å². The molecule has 4 aromatic rings. The number of anilines is 1. The molecule has 0 aliphatic carbocycles. The first-order chi connectivity index (χ1) is 17.8. The zero-order chi connectivity index (χ0) is 26.3. The van der Waals surface area contributed by atoms with Crippen LogP contribution in [0.15, 0.2) is 64.7 Å². The minimum Gasteiger partial charge on any atom is -0.394 e. The molecule has 5 rings (SSSR count). The quantitative estimate of drug-likeness (QED) is 0.190. The number of aliphatic hydroxyl groups excluding tert-OH is 3. The van der Waals surface area contributed by atoms with E-state index in [0.717, 1.165) is 4.57 Å². The van der Waals surface area contributed by atoms with Crippen molar-refractivity contribution in [2.45, 2.75) is 37.5 Å². The number of rotatable bonds is 8. The molecule has 0 radical (unpaired) electrons. The minimum atomic E-state index is -1.30. The van der Waals surface area contributed by atoms with Crippen LogP contribution in [0.2, 0.25) is 0 Å². The zero-order valence-electron chi connectivity index (χ0n) is 19.8. The Morgan fingerprint density at radius 3 is 2.62 bits per heavy atom. The van der Waals surface area contributed by atoms with Crippen LogP contribution in [0.3, 0.4) is 0 Å². The largest absolute Gasteiger partial charge is 0.394 e. The number of aliphatic hydroxyl groups is 3. The molecule has 5 atom stereocenters. The number of para-hydroxylation sites is 1. The van der Waals surface area contributed by atoms with Crippen molar-refractivity contribution in [3.8, 4) is 5.69 Å². The van der Waals surface area contributed by atoms with E-state index in [2.05, 4.69) is 31.9 Å². The fraction of sp³-hybridized carbons (Fsp3) is 0.348. The number of H-pyrrole nitrogens is 1. The van der Waals surface area contributed by atoms with E-state index in [0.29, 0.717) is 28.2 Å². The van der Waals surface area contributed by atoms with Gasteiger partial charge in [-0.1, -0.05) is 30.4 Å². The third kappa shape index (κ3) is 4.25. The molecular weight excluding hydrogens is 484 g/mol. The number of nitrogens with zero attached hydrogens (tertiary/aromatic N) is 6. The Balaban J connectivity index is 1.43. The third-order valence-corrected chi connectivity index (χ3v) is 6.32. The molecule has 5 unspecified atom stereocenters. The van der Waals surface area contributed by atoms with Gasteiger partial charge in [0.05, 0.1) is 24.7 Å². The molecular formula is C23H26N8O6. The highest BCUT2D eigenvalue weighted by Crippen LogP contribution is 2.32. The highest BCUT2D eigenvalue weighted by Gasteiger charge is 2.44. The summed E-state index contributed by atoms with van der Waals surface area (Å²) in [4.78, 5) is 38.5. The van der Waals surface area contributed by atoms with Gasteiger partial charge < -0.3 is 25.4 Å². The van der Waals surface area contributed by atoms with Crippen LogP contribution in [-0.4, -0.2) is 80.6 Å². The van der Waals surface area contributed by atoms with Crippen molar-refractivity contribution < 1.29 is 20.1 Å². The average molecular weight is 511 g/mol. The summed E-state index contributed by atoms with van der Waals surface area (Å²) < 4.78 is 9.29. The van der Waals surface area contributed by atoms with Gasteiger partial charge in [0.2, 0.25) is 0 Å². The summed E-state index contributed by atoms with van der Waals surface area (Å²) in [5.41, 5.74) is 0.590. The number of fused-ring (bicyclic) bond motifs is 1. The van der Waals surface area contributed by atoms with Crippen LogP contribution in [0.1, 0.15) is 19.2 Å². The van der Waals surface area contributed by atoms with Gasteiger partial charge >= 0.3 is 11.4 Å². The summed E-state index contributed by atoms with van der Waals surface area (Å²) in [5.74, 6) is 0.333. The molecule has 1 saturated heterocycles. The minimum absolute atomic E-state index is 0.136. The van der Waals surface area contributed by atoms with E-state index >= 15 is 0 Å². The maximum absolute atomic E-state index is 13.1. The van der Waals surface area contributed by atoms with E-state index in [9.17, 15) is 24.9 Å². The number of hydrogen-bond donors (Lipinski definition) is 5. The summed E-state index contributed by atoms with van der Waals surface area (Å²) in [6.45, 7) is 5.39. The van der Waals surface area contributed by atoms with E-state index in [-0.39, 0.29) is 6.54 Å². The molecule has 1 aliphatic rings. The van der Waals surface area contributed by atoms with Gasteiger partial charge in [-0.25, -0.2) is 38.9 Å². The first-order valence-electron chi connectivity index (χ1n) is 11.5. The van der Waals surface area contributed by atoms with Gasteiger partial charge in [0.25, 0.3) is 0 Å². The number of nitrogens with one attached hydrogen (secondary N) is 2. The van der Waals surface area contributed by atoms with Crippen LogP contribution in [-0.2, 0) is 4.74 Å². The molecule has 37 heavy (non-hydrogen) atoms.